The van der Waals surface area contributed by atoms with Gasteiger partial charge in [-0.2, -0.15) is 0 Å². The van der Waals surface area contributed by atoms with Crippen molar-refractivity contribution < 1.29 is 24.3 Å². The van der Waals surface area contributed by atoms with Gasteiger partial charge in [0, 0.05) is 26.3 Å². The number of aliphatic hydroxyl groups is 1. The molecule has 2 aromatic carbocycles. The van der Waals surface area contributed by atoms with E-state index in [4.69, 9.17) is 5.73 Å². The lowest BCUT2D eigenvalue weighted by molar-refractivity contribution is -0.139. The fraction of sp³-hybridized carbons (Fsp3) is 0.333. The Kier molecular flexibility index (Phi) is 7.78. The first kappa shape index (κ1) is 23.9. The maximum absolute atomic E-state index is 12.9. The Balaban J connectivity index is 1.66. The van der Waals surface area contributed by atoms with Crippen LogP contribution in [0.1, 0.15) is 18.9 Å². The van der Waals surface area contributed by atoms with Crippen molar-refractivity contribution in [3.63, 3.8) is 0 Å². The predicted octanol–water partition coefficient (Wildman–Crippen LogP) is -0.0359. The van der Waals surface area contributed by atoms with Crippen LogP contribution in [0.5, 0.6) is 0 Å². The monoisotopic (exact) mass is 452 g/mol. The van der Waals surface area contributed by atoms with Crippen molar-refractivity contribution >= 4 is 23.6 Å². The number of likely N-dealkylation sites (tertiary alicyclic amines) is 1. The van der Waals surface area contributed by atoms with Crippen molar-refractivity contribution in [2.45, 2.75) is 38.0 Å². The van der Waals surface area contributed by atoms with E-state index >= 15 is 0 Å². The van der Waals surface area contributed by atoms with Crippen molar-refractivity contribution in [1.29, 1.82) is 0 Å². The van der Waals surface area contributed by atoms with Gasteiger partial charge in [0.2, 0.25) is 23.6 Å². The predicted molar refractivity (Wildman–Crippen MR) is 122 cm³/mol. The lowest BCUT2D eigenvalue weighted by Gasteiger charge is -2.25. The Labute approximate surface area is 192 Å². The molecule has 0 aromatic heterocycles. The summed E-state index contributed by atoms with van der Waals surface area (Å²) >= 11 is 0. The number of hydrogen-bond donors (Lipinski definition) is 4. The normalized spacial score (nSPS) is 18.4. The highest BCUT2D eigenvalue weighted by Crippen LogP contribution is 2.21. The van der Waals surface area contributed by atoms with Crippen molar-refractivity contribution in [3.05, 3.63) is 60.2 Å². The van der Waals surface area contributed by atoms with Gasteiger partial charge in [-0.1, -0.05) is 54.6 Å². The van der Waals surface area contributed by atoms with Gasteiger partial charge in [0.25, 0.3) is 0 Å². The lowest BCUT2D eigenvalue weighted by Crippen LogP contribution is -2.54. The number of aliphatic hydroxyl groups excluding tert-OH is 1. The van der Waals surface area contributed by atoms with Crippen molar-refractivity contribution in [1.82, 2.24) is 15.5 Å². The molecule has 1 saturated heterocycles. The summed E-state index contributed by atoms with van der Waals surface area (Å²) in [5, 5.41) is 15.0. The third kappa shape index (κ3) is 6.39. The molecule has 4 amide bonds. The van der Waals surface area contributed by atoms with Gasteiger partial charge in [-0.3, -0.25) is 19.2 Å². The molecule has 1 aliphatic heterocycles. The summed E-state index contributed by atoms with van der Waals surface area (Å²) in [4.78, 5) is 49.6. The van der Waals surface area contributed by atoms with Gasteiger partial charge in [0.1, 0.15) is 12.1 Å². The summed E-state index contributed by atoms with van der Waals surface area (Å²) in [5.41, 5.74) is 8.42. The molecule has 0 radical (unpaired) electrons. The summed E-state index contributed by atoms with van der Waals surface area (Å²) in [5.74, 6) is -2.15. The topological polar surface area (TPSA) is 142 Å². The highest BCUT2D eigenvalue weighted by molar-refractivity contribution is 5.93. The molecular weight excluding hydrogens is 424 g/mol. The number of carbonyl (C=O) groups excluding carboxylic acids is 4. The Bertz CT molecular complexity index is 1010. The number of amides is 4. The first-order valence-electron chi connectivity index (χ1n) is 10.7. The summed E-state index contributed by atoms with van der Waals surface area (Å²) in [7, 11) is 0. The van der Waals surface area contributed by atoms with Gasteiger partial charge in [-0.25, -0.2) is 0 Å². The van der Waals surface area contributed by atoms with Crippen LogP contribution < -0.4 is 16.4 Å². The van der Waals surface area contributed by atoms with Gasteiger partial charge in [0.05, 0.1) is 12.6 Å². The van der Waals surface area contributed by atoms with Gasteiger partial charge >= 0.3 is 0 Å². The van der Waals surface area contributed by atoms with Crippen LogP contribution in [0.4, 0.5) is 0 Å². The molecule has 9 nitrogen and oxygen atoms in total. The van der Waals surface area contributed by atoms with Crippen LogP contribution in [0, 0.1) is 0 Å². The number of nitrogens with one attached hydrogen (secondary N) is 2. The van der Waals surface area contributed by atoms with E-state index in [2.05, 4.69) is 10.6 Å². The smallest absolute Gasteiger partial charge is 0.243 e. The summed E-state index contributed by atoms with van der Waals surface area (Å²) in [6.45, 7) is 0.970. The number of primary amides is 1. The van der Waals surface area contributed by atoms with E-state index in [0.717, 1.165) is 16.7 Å². The fourth-order valence-electron chi connectivity index (χ4n) is 3.83. The molecule has 2 aromatic rings. The summed E-state index contributed by atoms with van der Waals surface area (Å²) in [6, 6.07) is 15.5. The van der Waals surface area contributed by atoms with Crippen LogP contribution in [0.25, 0.3) is 11.1 Å². The van der Waals surface area contributed by atoms with Crippen molar-refractivity contribution in [2.75, 3.05) is 13.1 Å². The molecule has 3 rings (SSSR count). The van der Waals surface area contributed by atoms with Crippen LogP contribution in [0.2, 0.25) is 0 Å². The highest BCUT2D eigenvalue weighted by atomic mass is 16.3. The number of benzene rings is 2. The molecule has 5 N–H and O–H groups in total. The molecule has 1 heterocycles. The van der Waals surface area contributed by atoms with Crippen LogP contribution in [-0.4, -0.2) is 64.9 Å². The molecule has 174 valence electrons. The lowest BCUT2D eigenvalue weighted by atomic mass is 10.00. The minimum Gasteiger partial charge on any atom is -0.391 e. The number of nitrogens with two attached hydrogens (primary N) is 1. The van der Waals surface area contributed by atoms with Crippen LogP contribution in [0.15, 0.2) is 54.6 Å². The van der Waals surface area contributed by atoms with Crippen LogP contribution in [0.3, 0.4) is 0 Å². The maximum atomic E-state index is 12.9. The van der Waals surface area contributed by atoms with Gasteiger partial charge in [0.15, 0.2) is 0 Å². The van der Waals surface area contributed by atoms with E-state index in [0.29, 0.717) is 0 Å². The SMILES string of the molecule is CC(=O)NCC(=O)N1C[C@H](O)C[C@H]1C(=O)N[C@H](Cc1ccc(-c2ccccc2)cc1)C(N)=O. The Morgan fingerprint density at radius 2 is 1.70 bits per heavy atom. The van der Waals surface area contributed by atoms with Gasteiger partial charge in [-0.15, -0.1) is 0 Å². The molecule has 0 unspecified atom stereocenters. The fourth-order valence-corrected chi connectivity index (χ4v) is 3.83. The third-order valence-electron chi connectivity index (χ3n) is 5.55. The molecule has 0 bridgehead atoms. The molecule has 33 heavy (non-hydrogen) atoms. The Morgan fingerprint density at radius 3 is 2.30 bits per heavy atom. The summed E-state index contributed by atoms with van der Waals surface area (Å²) in [6.07, 6.45) is -0.653. The van der Waals surface area contributed by atoms with Gasteiger partial charge < -0.3 is 26.4 Å². The molecule has 0 saturated carbocycles. The van der Waals surface area contributed by atoms with E-state index in [1.54, 1.807) is 0 Å². The molecule has 3 atom stereocenters. The molecule has 0 aliphatic carbocycles. The summed E-state index contributed by atoms with van der Waals surface area (Å²) < 4.78 is 0. The first-order chi connectivity index (χ1) is 15.7. The quantitative estimate of drug-likeness (QED) is 0.445. The zero-order valence-electron chi connectivity index (χ0n) is 18.4. The Hall–Kier alpha value is -3.72. The highest BCUT2D eigenvalue weighted by Gasteiger charge is 2.39. The number of nitrogens with zero attached hydrogens (tertiary/aromatic N) is 1. The zero-order valence-corrected chi connectivity index (χ0v) is 18.4. The van der Waals surface area contributed by atoms with Crippen molar-refractivity contribution in [2.24, 2.45) is 5.73 Å². The van der Waals surface area contributed by atoms with E-state index in [9.17, 15) is 24.3 Å². The second-order valence-electron chi connectivity index (χ2n) is 8.09. The molecular formula is C24H28N4O5. The van der Waals surface area contributed by atoms with Crippen molar-refractivity contribution in [3.8, 4) is 11.1 Å². The first-order valence-corrected chi connectivity index (χ1v) is 10.7. The largest absolute Gasteiger partial charge is 0.391 e. The number of carbonyl (C=O) groups is 4. The van der Waals surface area contributed by atoms with E-state index in [1.807, 2.05) is 54.6 Å². The van der Waals surface area contributed by atoms with Crippen LogP contribution in [-0.2, 0) is 25.6 Å². The number of rotatable bonds is 8. The number of hydrogen-bond acceptors (Lipinski definition) is 5. The maximum Gasteiger partial charge on any atom is 0.243 e. The minimum absolute atomic E-state index is 0.0291. The molecule has 9 heteroatoms. The van der Waals surface area contributed by atoms with Gasteiger partial charge in [-0.05, 0) is 16.7 Å². The van der Waals surface area contributed by atoms with E-state index in [-0.39, 0.29) is 31.8 Å². The minimum atomic E-state index is -0.981. The van der Waals surface area contributed by atoms with E-state index in [1.165, 1.54) is 11.8 Å². The average Bonchev–Trinajstić information content (AvgIpc) is 3.20. The standard InChI is InChI=1S/C24H28N4O5/c1-15(29)26-13-22(31)28-14-19(30)12-21(28)24(33)27-20(23(25)32)11-16-7-9-18(10-8-16)17-5-3-2-4-6-17/h2-10,19-21,30H,11-14H2,1H3,(H2,25,32)(H,26,29)(H,27,33)/t19-,20-,21+/m1/s1. The second-order valence-corrected chi connectivity index (χ2v) is 8.09. The molecule has 1 fully saturated rings. The Morgan fingerprint density at radius 1 is 1.06 bits per heavy atom. The molecule has 0 spiro atoms. The number of β-amino-alcohol motifs (C(OH)–C–C–N with tert-alkyl or cyclic N) is 1. The second kappa shape index (κ2) is 10.7. The molecule has 1 aliphatic rings. The third-order valence-corrected chi connectivity index (χ3v) is 5.55. The zero-order chi connectivity index (χ0) is 24.0. The van der Waals surface area contributed by atoms with Crippen LogP contribution >= 0.6 is 0 Å². The van der Waals surface area contributed by atoms with E-state index < -0.39 is 35.9 Å². The average molecular weight is 453 g/mol.